The molecular weight excluding hydrogens is 497 g/mol. The number of hydrogen-bond acceptors (Lipinski definition) is 3. The van der Waals surface area contributed by atoms with Crippen LogP contribution in [0.3, 0.4) is 0 Å². The van der Waals surface area contributed by atoms with Crippen LogP contribution in [-0.4, -0.2) is 27.3 Å². The van der Waals surface area contributed by atoms with Crippen LogP contribution in [0.4, 0.5) is 0 Å². The molecule has 35 heavy (non-hydrogen) atoms. The Morgan fingerprint density at radius 3 is 2.43 bits per heavy atom. The second-order valence-corrected chi connectivity index (χ2v) is 13.4. The van der Waals surface area contributed by atoms with Crippen molar-refractivity contribution in [2.24, 2.45) is 17.3 Å². The number of unbranched alkanes of at least 4 members (excludes halogenated alkanes) is 9. The van der Waals surface area contributed by atoms with Crippen molar-refractivity contribution in [2.45, 2.75) is 121 Å². The maximum absolute atomic E-state index is 12.5. The van der Waals surface area contributed by atoms with E-state index in [-0.39, 0.29) is 20.4 Å². The van der Waals surface area contributed by atoms with Gasteiger partial charge in [0.15, 0.2) is 0 Å². The molecular formula is C31H45NO2Se. The summed E-state index contributed by atoms with van der Waals surface area (Å²) in [5, 5.41) is 9.72. The van der Waals surface area contributed by atoms with Crippen molar-refractivity contribution in [3.8, 4) is 10.7 Å². The minimum Gasteiger partial charge on any atom is -0.299 e. The molecule has 3 aliphatic rings. The van der Waals surface area contributed by atoms with Gasteiger partial charge in [-0.3, -0.25) is 4.79 Å². The molecule has 1 aromatic carbocycles. The molecule has 0 amide bonds. The number of hydrogen-bond donors (Lipinski definition) is 0. The van der Waals surface area contributed by atoms with E-state index in [1.54, 1.807) is 5.56 Å². The van der Waals surface area contributed by atoms with Crippen LogP contribution < -0.4 is 4.74 Å². The molecule has 1 aromatic rings. The number of nitriles is 1. The summed E-state index contributed by atoms with van der Waals surface area (Å²) < 4.78 is 6.14. The molecule has 0 radical (unpaired) electrons. The Bertz CT molecular complexity index is 877. The van der Waals surface area contributed by atoms with Gasteiger partial charge in [0.2, 0.25) is 0 Å². The van der Waals surface area contributed by atoms with E-state index >= 15 is 0 Å². The number of carbonyl (C=O) groups excluding carboxylic acids is 1. The molecule has 0 aliphatic heterocycles. The molecule has 3 nitrogen and oxygen atoms in total. The first kappa shape index (κ1) is 26.8. The molecule has 0 aromatic heterocycles. The summed E-state index contributed by atoms with van der Waals surface area (Å²) in [6.45, 7) is 3.09. The maximum Gasteiger partial charge on any atom is 0.139 e. The average Bonchev–Trinajstić information content (AvgIpc) is 3.18. The third kappa shape index (κ3) is 6.72. The van der Waals surface area contributed by atoms with Gasteiger partial charge in [0.05, 0.1) is 0 Å². The average molecular weight is 543 g/mol. The molecule has 0 spiro atoms. The number of fused-ring (bicyclic) bond motifs is 5. The van der Waals surface area contributed by atoms with Gasteiger partial charge in [-0.15, -0.1) is 0 Å². The Hall–Kier alpha value is -1.30. The number of carbonyl (C=O) groups is 1. The maximum atomic E-state index is 12.5. The summed E-state index contributed by atoms with van der Waals surface area (Å²) >= 11 is 0.226. The molecule has 2 saturated carbocycles. The smallest absolute Gasteiger partial charge is 0.139 e. The van der Waals surface area contributed by atoms with Crippen molar-refractivity contribution in [3.63, 3.8) is 0 Å². The zero-order chi connectivity index (χ0) is 24.5. The van der Waals surface area contributed by atoms with Crippen molar-refractivity contribution < 1.29 is 9.53 Å². The molecule has 0 saturated heterocycles. The second kappa shape index (κ2) is 13.3. The SMILES string of the molecule is C[C@]12CC[C@@H]3c4ccc(OCCCCCCCCCCCC[Se]C#N)cc4CC[C@H]3[C@@H]1CCC2=O. The fourth-order valence-corrected chi connectivity index (χ4v) is 8.27. The number of Topliss-reactive ketones (excluding diaryl/α,β-unsaturated/α-hetero) is 1. The Labute approximate surface area is 219 Å². The van der Waals surface area contributed by atoms with Crippen molar-refractivity contribution in [1.82, 2.24) is 0 Å². The van der Waals surface area contributed by atoms with Gasteiger partial charge < -0.3 is 4.74 Å². The number of aryl methyl sites for hydroxylation is 1. The van der Waals surface area contributed by atoms with Crippen LogP contribution in [0.1, 0.15) is 120 Å². The van der Waals surface area contributed by atoms with Crippen LogP contribution in [0, 0.1) is 27.5 Å². The summed E-state index contributed by atoms with van der Waals surface area (Å²) in [7, 11) is 0. The fraction of sp³-hybridized carbons (Fsp3) is 0.742. The van der Waals surface area contributed by atoms with Gasteiger partial charge in [0.25, 0.3) is 0 Å². The Kier molecular flexibility index (Phi) is 10.2. The molecule has 4 heteroatoms. The summed E-state index contributed by atoms with van der Waals surface area (Å²) in [6, 6.07) is 6.88. The molecule has 2 fully saturated rings. The number of rotatable bonds is 14. The quantitative estimate of drug-likeness (QED) is 0.177. The van der Waals surface area contributed by atoms with Crippen LogP contribution in [0.5, 0.6) is 5.75 Å². The van der Waals surface area contributed by atoms with Crippen molar-refractivity contribution >= 4 is 20.7 Å². The van der Waals surface area contributed by atoms with E-state index in [1.165, 1.54) is 76.2 Å². The summed E-state index contributed by atoms with van der Waals surface area (Å²) in [5.74, 6) is 3.56. The number of benzene rings is 1. The Morgan fingerprint density at radius 1 is 0.971 bits per heavy atom. The van der Waals surface area contributed by atoms with Gasteiger partial charge in [-0.05, 0) is 73.1 Å². The molecule has 3 aliphatic carbocycles. The van der Waals surface area contributed by atoms with E-state index in [1.807, 2.05) is 0 Å². The first-order valence-electron chi connectivity index (χ1n) is 14.4. The van der Waals surface area contributed by atoms with Gasteiger partial charge in [-0.2, -0.15) is 0 Å². The normalized spacial score (nSPS) is 27.1. The third-order valence-electron chi connectivity index (χ3n) is 9.38. The van der Waals surface area contributed by atoms with Crippen LogP contribution in [-0.2, 0) is 11.2 Å². The predicted molar refractivity (Wildman–Crippen MR) is 144 cm³/mol. The zero-order valence-electron chi connectivity index (χ0n) is 21.9. The second-order valence-electron chi connectivity index (χ2n) is 11.5. The molecule has 0 heterocycles. The standard InChI is InChI=1S/C31H45NO2Se/c1-31-19-18-27-26-15-13-25(22-24(26)12-14-28(27)29(31)16-17-30(31)33)34-20-10-8-6-4-2-3-5-7-9-11-21-35-23-32/h13,15,22,27-29H,2-12,14,16-21H2,1H3/t27-,28-,29+,31+/m1/s1. The molecule has 0 bridgehead atoms. The minimum atomic E-state index is -0.0266. The monoisotopic (exact) mass is 543 g/mol. The molecule has 4 atom stereocenters. The van der Waals surface area contributed by atoms with Crippen LogP contribution >= 0.6 is 0 Å². The molecule has 4 rings (SSSR count). The Balaban J connectivity index is 1.10. The summed E-state index contributed by atoms with van der Waals surface area (Å²) in [5.41, 5.74) is 3.03. The third-order valence-corrected chi connectivity index (χ3v) is 10.7. The van der Waals surface area contributed by atoms with E-state index in [0.29, 0.717) is 23.5 Å². The van der Waals surface area contributed by atoms with Gasteiger partial charge in [-0.1, -0.05) is 13.0 Å². The van der Waals surface area contributed by atoms with E-state index in [9.17, 15) is 4.79 Å². The van der Waals surface area contributed by atoms with E-state index in [0.717, 1.165) is 49.8 Å². The molecule has 192 valence electrons. The van der Waals surface area contributed by atoms with Crippen molar-refractivity contribution in [2.75, 3.05) is 6.61 Å². The van der Waals surface area contributed by atoms with E-state index in [4.69, 9.17) is 10.00 Å². The number of ether oxygens (including phenoxy) is 1. The first-order valence-corrected chi connectivity index (χ1v) is 16.5. The minimum absolute atomic E-state index is 0.0266. The largest absolute Gasteiger partial charge is 0.299 e. The summed E-state index contributed by atoms with van der Waals surface area (Å²) in [4.78, 5) is 14.8. The van der Waals surface area contributed by atoms with Crippen LogP contribution in [0.25, 0.3) is 0 Å². The van der Waals surface area contributed by atoms with E-state index < -0.39 is 0 Å². The number of ketones is 1. The zero-order valence-corrected chi connectivity index (χ0v) is 23.6. The van der Waals surface area contributed by atoms with Gasteiger partial charge in [-0.25, -0.2) is 0 Å². The molecule has 0 unspecified atom stereocenters. The van der Waals surface area contributed by atoms with Crippen molar-refractivity contribution in [3.05, 3.63) is 29.3 Å². The van der Waals surface area contributed by atoms with Crippen LogP contribution in [0.15, 0.2) is 18.2 Å². The molecule has 0 N–H and O–H groups in total. The number of nitrogens with zero attached hydrogens (tertiary/aromatic N) is 1. The van der Waals surface area contributed by atoms with Crippen molar-refractivity contribution in [1.29, 1.82) is 5.26 Å². The fourth-order valence-electron chi connectivity index (χ4n) is 7.35. The van der Waals surface area contributed by atoms with Gasteiger partial charge >= 0.3 is 101 Å². The van der Waals surface area contributed by atoms with Crippen LogP contribution in [0.2, 0.25) is 5.32 Å². The first-order chi connectivity index (χ1) is 17.1. The van der Waals surface area contributed by atoms with E-state index in [2.05, 4.69) is 30.1 Å². The Morgan fingerprint density at radius 2 is 1.69 bits per heavy atom. The predicted octanol–water partition coefficient (Wildman–Crippen LogP) is 8.00. The van der Waals surface area contributed by atoms with Gasteiger partial charge in [0.1, 0.15) is 11.5 Å². The topological polar surface area (TPSA) is 50.1 Å². The van der Waals surface area contributed by atoms with Gasteiger partial charge in [0, 0.05) is 11.8 Å². The summed E-state index contributed by atoms with van der Waals surface area (Å²) in [6.07, 6.45) is 19.7.